The predicted molar refractivity (Wildman–Crippen MR) is 103 cm³/mol. The Bertz CT molecular complexity index is 778. The Hall–Kier alpha value is -2.82. The molecule has 1 saturated heterocycles. The van der Waals surface area contributed by atoms with Gasteiger partial charge >= 0.3 is 0 Å². The minimum Gasteiger partial charge on any atom is -0.399 e. The van der Waals surface area contributed by atoms with E-state index in [0.717, 1.165) is 5.56 Å². The number of benzene rings is 2. The van der Waals surface area contributed by atoms with Gasteiger partial charge in [-0.05, 0) is 43.5 Å². The second kappa shape index (κ2) is 8.04. The number of nitrogen functional groups attached to an aromatic ring is 1. The van der Waals surface area contributed by atoms with Crippen LogP contribution in [0.3, 0.4) is 0 Å². The van der Waals surface area contributed by atoms with E-state index >= 15 is 0 Å². The van der Waals surface area contributed by atoms with Gasteiger partial charge in [0.1, 0.15) is 0 Å². The van der Waals surface area contributed by atoms with Crippen molar-refractivity contribution in [2.45, 2.75) is 26.3 Å². The molecule has 0 unspecified atom stereocenters. The van der Waals surface area contributed by atoms with E-state index in [1.165, 1.54) is 5.56 Å². The van der Waals surface area contributed by atoms with Gasteiger partial charge in [0.25, 0.3) is 5.91 Å². The third-order valence-electron chi connectivity index (χ3n) is 4.87. The summed E-state index contributed by atoms with van der Waals surface area (Å²) in [4.78, 5) is 26.7. The molecule has 5 heteroatoms. The Kier molecular flexibility index (Phi) is 5.56. The zero-order valence-corrected chi connectivity index (χ0v) is 15.1. The zero-order valence-electron chi connectivity index (χ0n) is 15.1. The maximum atomic E-state index is 12.5. The van der Waals surface area contributed by atoms with Crippen LogP contribution in [0.4, 0.5) is 5.69 Å². The van der Waals surface area contributed by atoms with Crippen LogP contribution >= 0.6 is 0 Å². The van der Waals surface area contributed by atoms with Crippen molar-refractivity contribution in [1.29, 1.82) is 0 Å². The second-order valence-electron chi connectivity index (χ2n) is 6.90. The van der Waals surface area contributed by atoms with Crippen LogP contribution in [0.1, 0.15) is 34.3 Å². The number of piperidine rings is 1. The van der Waals surface area contributed by atoms with Crippen molar-refractivity contribution >= 4 is 17.5 Å². The minimum absolute atomic E-state index is 0.0178. The van der Waals surface area contributed by atoms with E-state index < -0.39 is 0 Å². The highest BCUT2D eigenvalue weighted by atomic mass is 16.2. The van der Waals surface area contributed by atoms with Gasteiger partial charge in [-0.2, -0.15) is 0 Å². The summed E-state index contributed by atoms with van der Waals surface area (Å²) in [6, 6.07) is 15.2. The van der Waals surface area contributed by atoms with Crippen molar-refractivity contribution in [2.24, 2.45) is 5.92 Å². The highest BCUT2D eigenvalue weighted by molar-refractivity contribution is 5.95. The van der Waals surface area contributed by atoms with Crippen LogP contribution in [0, 0.1) is 12.8 Å². The molecule has 2 aromatic rings. The number of nitrogens with one attached hydrogen (secondary N) is 1. The number of aryl methyl sites for hydroxylation is 1. The fourth-order valence-electron chi connectivity index (χ4n) is 3.24. The molecule has 0 saturated carbocycles. The number of nitrogens with zero attached hydrogens (tertiary/aromatic N) is 1. The Morgan fingerprint density at radius 1 is 1.12 bits per heavy atom. The summed E-state index contributed by atoms with van der Waals surface area (Å²) in [5.74, 6) is 0.0165. The lowest BCUT2D eigenvalue weighted by Gasteiger charge is -2.31. The van der Waals surface area contributed by atoms with E-state index in [4.69, 9.17) is 5.73 Å². The van der Waals surface area contributed by atoms with Crippen molar-refractivity contribution in [3.05, 3.63) is 65.2 Å². The zero-order chi connectivity index (χ0) is 18.5. The molecule has 0 bridgehead atoms. The molecule has 0 radical (unpaired) electrons. The second-order valence-corrected chi connectivity index (χ2v) is 6.90. The number of hydrogen-bond donors (Lipinski definition) is 2. The first-order chi connectivity index (χ1) is 12.5. The normalized spacial score (nSPS) is 14.9. The number of amides is 2. The monoisotopic (exact) mass is 351 g/mol. The van der Waals surface area contributed by atoms with Crippen LogP contribution in [0.5, 0.6) is 0 Å². The largest absolute Gasteiger partial charge is 0.399 e. The Morgan fingerprint density at radius 3 is 2.46 bits per heavy atom. The SMILES string of the molecule is Cc1ccc(CNC(=O)C2CCN(C(=O)c3cccc(N)c3)CC2)cc1. The fourth-order valence-corrected chi connectivity index (χ4v) is 3.24. The highest BCUT2D eigenvalue weighted by Gasteiger charge is 2.27. The van der Waals surface area contributed by atoms with Gasteiger partial charge < -0.3 is 16.0 Å². The summed E-state index contributed by atoms with van der Waals surface area (Å²) in [5, 5.41) is 3.01. The average molecular weight is 351 g/mol. The maximum absolute atomic E-state index is 12.5. The molecule has 1 aliphatic rings. The molecule has 3 rings (SSSR count). The van der Waals surface area contributed by atoms with Gasteiger partial charge in [-0.1, -0.05) is 35.9 Å². The van der Waals surface area contributed by atoms with Crippen LogP contribution < -0.4 is 11.1 Å². The molecule has 0 aliphatic carbocycles. The third kappa shape index (κ3) is 4.42. The van der Waals surface area contributed by atoms with E-state index in [-0.39, 0.29) is 17.7 Å². The van der Waals surface area contributed by atoms with Gasteiger partial charge in [-0.25, -0.2) is 0 Å². The Labute approximate surface area is 154 Å². The van der Waals surface area contributed by atoms with Gasteiger partial charge in [0, 0.05) is 36.8 Å². The fraction of sp³-hybridized carbons (Fsp3) is 0.333. The van der Waals surface area contributed by atoms with Crippen molar-refractivity contribution in [1.82, 2.24) is 10.2 Å². The molecule has 2 aromatic carbocycles. The third-order valence-corrected chi connectivity index (χ3v) is 4.87. The molecule has 0 aromatic heterocycles. The van der Waals surface area contributed by atoms with E-state index in [1.807, 2.05) is 31.2 Å². The number of carbonyl (C=O) groups is 2. The van der Waals surface area contributed by atoms with Crippen molar-refractivity contribution < 1.29 is 9.59 Å². The first kappa shape index (κ1) is 18.0. The van der Waals surface area contributed by atoms with Crippen LogP contribution in [-0.2, 0) is 11.3 Å². The predicted octanol–water partition coefficient (Wildman–Crippen LogP) is 2.75. The lowest BCUT2D eigenvalue weighted by molar-refractivity contribution is -0.126. The Morgan fingerprint density at radius 2 is 1.81 bits per heavy atom. The lowest BCUT2D eigenvalue weighted by Crippen LogP contribution is -2.42. The lowest BCUT2D eigenvalue weighted by atomic mass is 9.95. The molecule has 5 nitrogen and oxygen atoms in total. The molecule has 0 atom stereocenters. The van der Waals surface area contributed by atoms with Gasteiger partial charge in [-0.15, -0.1) is 0 Å². The minimum atomic E-state index is -0.0367. The number of likely N-dealkylation sites (tertiary alicyclic amines) is 1. The summed E-state index contributed by atoms with van der Waals surface area (Å²) >= 11 is 0. The molecule has 0 spiro atoms. The number of rotatable bonds is 4. The van der Waals surface area contributed by atoms with Gasteiger partial charge in [0.05, 0.1) is 0 Å². The number of carbonyl (C=O) groups excluding carboxylic acids is 2. The van der Waals surface area contributed by atoms with E-state index in [1.54, 1.807) is 29.2 Å². The molecule has 26 heavy (non-hydrogen) atoms. The average Bonchev–Trinajstić information content (AvgIpc) is 2.67. The number of anilines is 1. The number of nitrogens with two attached hydrogens (primary N) is 1. The van der Waals surface area contributed by atoms with E-state index in [2.05, 4.69) is 5.32 Å². The van der Waals surface area contributed by atoms with Crippen molar-refractivity contribution in [3.63, 3.8) is 0 Å². The molecule has 3 N–H and O–H groups in total. The molecule has 136 valence electrons. The van der Waals surface area contributed by atoms with E-state index in [0.29, 0.717) is 43.7 Å². The van der Waals surface area contributed by atoms with Gasteiger partial charge in [0.15, 0.2) is 0 Å². The maximum Gasteiger partial charge on any atom is 0.253 e. The molecule has 1 fully saturated rings. The molecule has 2 amide bonds. The molecular formula is C21H25N3O2. The van der Waals surface area contributed by atoms with Gasteiger partial charge in [0.2, 0.25) is 5.91 Å². The van der Waals surface area contributed by atoms with Crippen LogP contribution in [0.2, 0.25) is 0 Å². The standard InChI is InChI=1S/C21H25N3O2/c1-15-5-7-16(8-6-15)14-23-20(25)17-9-11-24(12-10-17)21(26)18-3-2-4-19(22)13-18/h2-8,13,17H,9-12,14,22H2,1H3,(H,23,25). The summed E-state index contributed by atoms with van der Waals surface area (Å²) in [6.45, 7) is 3.77. The molecular weight excluding hydrogens is 326 g/mol. The van der Waals surface area contributed by atoms with Crippen molar-refractivity contribution in [3.8, 4) is 0 Å². The first-order valence-corrected chi connectivity index (χ1v) is 9.01. The highest BCUT2D eigenvalue weighted by Crippen LogP contribution is 2.20. The van der Waals surface area contributed by atoms with Crippen LogP contribution in [-0.4, -0.2) is 29.8 Å². The van der Waals surface area contributed by atoms with Crippen LogP contribution in [0.15, 0.2) is 48.5 Å². The summed E-state index contributed by atoms with van der Waals surface area (Å²) < 4.78 is 0. The molecule has 1 heterocycles. The smallest absolute Gasteiger partial charge is 0.253 e. The first-order valence-electron chi connectivity index (χ1n) is 9.01. The summed E-state index contributed by atoms with van der Waals surface area (Å²) in [6.07, 6.45) is 1.38. The summed E-state index contributed by atoms with van der Waals surface area (Å²) in [7, 11) is 0. The van der Waals surface area contributed by atoms with Crippen molar-refractivity contribution in [2.75, 3.05) is 18.8 Å². The molecule has 1 aliphatic heterocycles. The van der Waals surface area contributed by atoms with Crippen LogP contribution in [0.25, 0.3) is 0 Å². The van der Waals surface area contributed by atoms with E-state index in [9.17, 15) is 9.59 Å². The summed E-state index contributed by atoms with van der Waals surface area (Å²) in [5.41, 5.74) is 9.24. The topological polar surface area (TPSA) is 75.4 Å². The quantitative estimate of drug-likeness (QED) is 0.832. The Balaban J connectivity index is 1.49. The number of hydrogen-bond acceptors (Lipinski definition) is 3. The van der Waals surface area contributed by atoms with Gasteiger partial charge in [-0.3, -0.25) is 9.59 Å².